The summed E-state index contributed by atoms with van der Waals surface area (Å²) in [6.45, 7) is 1.95. The van der Waals surface area contributed by atoms with Crippen LogP contribution in [0.4, 0.5) is 0 Å². The molecule has 2 aliphatic rings. The molecule has 0 bridgehead atoms. The molecule has 0 spiro atoms. The molecule has 1 amide bonds. The van der Waals surface area contributed by atoms with Crippen LogP contribution in [0, 0.1) is 0 Å². The predicted molar refractivity (Wildman–Crippen MR) is 149 cm³/mol. The van der Waals surface area contributed by atoms with E-state index in [0.29, 0.717) is 18.6 Å². The van der Waals surface area contributed by atoms with E-state index in [9.17, 15) is 14.7 Å². The van der Waals surface area contributed by atoms with Gasteiger partial charge in [-0.05, 0) is 41.6 Å². The third-order valence-corrected chi connectivity index (χ3v) is 6.86. The SMILES string of the molecule is COc1ccc(COC2C(OC(C)=O)[C@H](N3C=CC(=O)NC3O)O[C@@H]2[C@@H](CCCN=[N+]=[N-])OCc2ccccc2)cc1. The highest BCUT2D eigenvalue weighted by Gasteiger charge is 2.54. The number of ether oxygens (including phenoxy) is 5. The van der Waals surface area contributed by atoms with Crippen LogP contribution in [0.2, 0.25) is 0 Å². The standard InChI is InChI=1S/C29H35N5O8/c1-19(35)41-27-26(40-18-21-10-12-22(38-2)13-11-21)25(42-28(27)34-16-14-24(36)32-29(34)37)23(9-6-15-31-33-30)39-17-20-7-4-3-5-8-20/h3-5,7-8,10-14,16,23,25-29,37H,6,9,15,17-18H2,1-2H3,(H,32,36)/t23-,25-,26?,27?,28-,29?/m1/s1. The number of aliphatic hydroxyl groups is 1. The first-order chi connectivity index (χ1) is 20.4. The minimum atomic E-state index is -1.43. The summed E-state index contributed by atoms with van der Waals surface area (Å²) in [5, 5.41) is 16.7. The quantitative estimate of drug-likeness (QED) is 0.112. The molecule has 2 aromatic rings. The Hall–Kier alpha value is -4.13. The Morgan fingerprint density at radius 1 is 1.14 bits per heavy atom. The van der Waals surface area contributed by atoms with Crippen LogP contribution < -0.4 is 10.1 Å². The number of methoxy groups -OCH3 is 1. The summed E-state index contributed by atoms with van der Waals surface area (Å²) < 4.78 is 30.2. The van der Waals surface area contributed by atoms with Gasteiger partial charge in [0.2, 0.25) is 12.3 Å². The molecule has 0 aromatic heterocycles. The second kappa shape index (κ2) is 15.2. The van der Waals surface area contributed by atoms with Crippen molar-refractivity contribution < 1.29 is 38.4 Å². The maximum atomic E-state index is 12.3. The number of rotatable bonds is 14. The third-order valence-electron chi connectivity index (χ3n) is 6.86. The molecule has 0 saturated carbocycles. The highest BCUT2D eigenvalue weighted by atomic mass is 16.6. The summed E-state index contributed by atoms with van der Waals surface area (Å²) >= 11 is 0. The predicted octanol–water partition coefficient (Wildman–Crippen LogP) is 3.13. The van der Waals surface area contributed by atoms with Crippen LogP contribution in [0.15, 0.2) is 72.0 Å². The largest absolute Gasteiger partial charge is 0.497 e. The molecule has 0 radical (unpaired) electrons. The van der Waals surface area contributed by atoms with Crippen LogP contribution >= 0.6 is 0 Å². The third kappa shape index (κ3) is 8.21. The van der Waals surface area contributed by atoms with E-state index >= 15 is 0 Å². The topological polar surface area (TPSA) is 165 Å². The fraction of sp³-hybridized carbons (Fsp3) is 0.448. The summed E-state index contributed by atoms with van der Waals surface area (Å²) in [7, 11) is 1.58. The molecule has 6 atom stereocenters. The molecule has 4 rings (SSSR count). The van der Waals surface area contributed by atoms with Gasteiger partial charge in [-0.15, -0.1) is 0 Å². The Labute approximate surface area is 243 Å². The average molecular weight is 582 g/mol. The van der Waals surface area contributed by atoms with E-state index in [-0.39, 0.29) is 19.8 Å². The van der Waals surface area contributed by atoms with Gasteiger partial charge in [0.15, 0.2) is 12.3 Å². The molecular weight excluding hydrogens is 546 g/mol. The number of azide groups is 1. The Bertz CT molecular complexity index is 1250. The van der Waals surface area contributed by atoms with Crippen LogP contribution in [0.3, 0.4) is 0 Å². The Morgan fingerprint density at radius 3 is 2.55 bits per heavy atom. The van der Waals surface area contributed by atoms with Gasteiger partial charge in [0.1, 0.15) is 18.0 Å². The number of amides is 1. The van der Waals surface area contributed by atoms with E-state index in [1.807, 2.05) is 54.6 Å². The molecule has 3 unspecified atom stereocenters. The van der Waals surface area contributed by atoms with Crippen LogP contribution in [0.25, 0.3) is 10.4 Å². The van der Waals surface area contributed by atoms with Gasteiger partial charge in [0.05, 0.1) is 26.4 Å². The molecule has 2 aliphatic heterocycles. The van der Waals surface area contributed by atoms with Crippen molar-refractivity contribution in [2.75, 3.05) is 13.7 Å². The number of esters is 1. The van der Waals surface area contributed by atoms with Gasteiger partial charge < -0.3 is 39.0 Å². The zero-order chi connectivity index (χ0) is 29.9. The second-order valence-corrected chi connectivity index (χ2v) is 9.77. The van der Waals surface area contributed by atoms with Crippen molar-refractivity contribution >= 4 is 11.9 Å². The van der Waals surface area contributed by atoms with Crippen LogP contribution in [-0.4, -0.2) is 72.5 Å². The van der Waals surface area contributed by atoms with Gasteiger partial charge in [-0.3, -0.25) is 9.59 Å². The molecule has 224 valence electrons. The van der Waals surface area contributed by atoms with Gasteiger partial charge in [0, 0.05) is 30.7 Å². The highest BCUT2D eigenvalue weighted by Crippen LogP contribution is 2.35. The van der Waals surface area contributed by atoms with E-state index in [1.54, 1.807) is 7.11 Å². The average Bonchev–Trinajstić information content (AvgIpc) is 3.33. The summed E-state index contributed by atoms with van der Waals surface area (Å²) in [6, 6.07) is 16.9. The minimum Gasteiger partial charge on any atom is -0.497 e. The Balaban J connectivity index is 1.65. The first-order valence-corrected chi connectivity index (χ1v) is 13.6. The monoisotopic (exact) mass is 581 g/mol. The number of hydrogen-bond acceptors (Lipinski definition) is 10. The molecule has 1 fully saturated rings. The first-order valence-electron chi connectivity index (χ1n) is 13.6. The van der Waals surface area contributed by atoms with Gasteiger partial charge in [-0.1, -0.05) is 47.6 Å². The van der Waals surface area contributed by atoms with Gasteiger partial charge in [0.25, 0.3) is 0 Å². The van der Waals surface area contributed by atoms with Crippen LogP contribution in [0.5, 0.6) is 5.75 Å². The van der Waals surface area contributed by atoms with E-state index in [4.69, 9.17) is 29.2 Å². The zero-order valence-corrected chi connectivity index (χ0v) is 23.4. The zero-order valence-electron chi connectivity index (χ0n) is 23.4. The number of carbonyl (C=O) groups is 2. The fourth-order valence-electron chi connectivity index (χ4n) is 4.86. The first kappa shape index (κ1) is 30.8. The smallest absolute Gasteiger partial charge is 0.303 e. The molecule has 1 saturated heterocycles. The van der Waals surface area contributed by atoms with Crippen molar-refractivity contribution in [2.45, 2.75) is 70.0 Å². The Kier molecular flexibility index (Phi) is 11.2. The lowest BCUT2D eigenvalue weighted by molar-refractivity contribution is -0.177. The van der Waals surface area contributed by atoms with Gasteiger partial charge >= 0.3 is 5.97 Å². The highest BCUT2D eigenvalue weighted by molar-refractivity contribution is 5.88. The number of nitrogens with one attached hydrogen (secondary N) is 1. The molecule has 2 N–H and O–H groups in total. The number of hydrogen-bond donors (Lipinski definition) is 2. The molecule has 2 aromatic carbocycles. The van der Waals surface area contributed by atoms with Crippen molar-refractivity contribution in [3.05, 3.63) is 88.4 Å². The normalized spacial score (nSPS) is 24.0. The van der Waals surface area contributed by atoms with Crippen molar-refractivity contribution in [1.29, 1.82) is 0 Å². The van der Waals surface area contributed by atoms with Crippen molar-refractivity contribution in [3.63, 3.8) is 0 Å². The summed E-state index contributed by atoms with van der Waals surface area (Å²) in [6.07, 6.45) is -2.08. The van der Waals surface area contributed by atoms with Gasteiger partial charge in [-0.2, -0.15) is 0 Å². The second-order valence-electron chi connectivity index (χ2n) is 9.77. The van der Waals surface area contributed by atoms with Crippen LogP contribution in [0.1, 0.15) is 30.9 Å². The van der Waals surface area contributed by atoms with Crippen molar-refractivity contribution in [1.82, 2.24) is 10.2 Å². The molecule has 13 nitrogen and oxygen atoms in total. The number of benzene rings is 2. The van der Waals surface area contributed by atoms with E-state index in [2.05, 4.69) is 15.3 Å². The van der Waals surface area contributed by atoms with E-state index in [1.165, 1.54) is 24.1 Å². The summed E-state index contributed by atoms with van der Waals surface area (Å²) in [5.41, 5.74) is 10.5. The van der Waals surface area contributed by atoms with E-state index in [0.717, 1.165) is 11.1 Å². The van der Waals surface area contributed by atoms with Gasteiger partial charge in [-0.25, -0.2) is 0 Å². The van der Waals surface area contributed by atoms with Crippen molar-refractivity contribution in [3.8, 4) is 5.75 Å². The van der Waals surface area contributed by atoms with Crippen LogP contribution in [-0.2, 0) is 41.8 Å². The lowest BCUT2D eigenvalue weighted by Gasteiger charge is -2.36. The number of carbonyl (C=O) groups excluding carboxylic acids is 2. The lowest BCUT2D eigenvalue weighted by atomic mass is 10.0. The molecule has 42 heavy (non-hydrogen) atoms. The molecule has 13 heteroatoms. The fourth-order valence-corrected chi connectivity index (χ4v) is 4.86. The van der Waals surface area contributed by atoms with E-state index < -0.39 is 48.9 Å². The maximum absolute atomic E-state index is 12.3. The molecule has 0 aliphatic carbocycles. The minimum absolute atomic E-state index is 0.151. The molecular formula is C29H35N5O8. The molecule has 2 heterocycles. The Morgan fingerprint density at radius 2 is 1.88 bits per heavy atom. The number of nitrogens with zero attached hydrogens (tertiary/aromatic N) is 4. The lowest BCUT2D eigenvalue weighted by Crippen LogP contribution is -2.56. The summed E-state index contributed by atoms with van der Waals surface area (Å²) in [4.78, 5) is 28.3. The maximum Gasteiger partial charge on any atom is 0.303 e. The number of aliphatic hydroxyl groups excluding tert-OH is 1. The summed E-state index contributed by atoms with van der Waals surface area (Å²) in [5.74, 6) is -0.357. The van der Waals surface area contributed by atoms with Crippen molar-refractivity contribution in [2.24, 2.45) is 5.11 Å².